The number of halogens is 1. The van der Waals surface area contributed by atoms with Gasteiger partial charge < -0.3 is 19.9 Å². The van der Waals surface area contributed by atoms with E-state index < -0.39 is 0 Å². The number of nitrogens with one attached hydrogen (secondary N) is 2. The monoisotopic (exact) mass is 360 g/mol. The van der Waals surface area contributed by atoms with E-state index in [4.69, 9.17) is 4.74 Å². The highest BCUT2D eigenvalue weighted by molar-refractivity contribution is 5.79. The Balaban J connectivity index is 1.31. The molecule has 1 atom stereocenters. The van der Waals surface area contributed by atoms with Crippen LogP contribution in [0, 0.1) is 11.2 Å². The maximum Gasteiger partial charge on any atom is 0.312 e. The van der Waals surface area contributed by atoms with Crippen molar-refractivity contribution < 1.29 is 13.9 Å². The van der Waals surface area contributed by atoms with Gasteiger partial charge in [0.25, 0.3) is 0 Å². The lowest BCUT2D eigenvalue weighted by Gasteiger charge is -2.29. The van der Waals surface area contributed by atoms with Gasteiger partial charge in [-0.15, -0.1) is 0 Å². The minimum Gasteiger partial charge on any atom is -0.461 e. The summed E-state index contributed by atoms with van der Waals surface area (Å²) in [7, 11) is 2.03. The second kappa shape index (κ2) is 6.96. The Morgan fingerprint density at radius 3 is 3.00 bits per heavy atom. The summed E-state index contributed by atoms with van der Waals surface area (Å²) in [5.74, 6) is 0.562. The highest BCUT2D eigenvalue weighted by Gasteiger charge is 2.49. The van der Waals surface area contributed by atoms with E-state index in [9.17, 15) is 9.18 Å². The van der Waals surface area contributed by atoms with Gasteiger partial charge in [0, 0.05) is 25.9 Å². The standard InChI is InChI=1S/C19H25FN4O2/c1-24(9-4-17-22-15-3-2-13(20)10-16(15)23-17)12-14-11-19(18(25)26-14)5-7-21-8-6-19/h2-3,10,14,21H,4-9,11-12H2,1H3,(H,22,23). The molecule has 3 heterocycles. The Hall–Kier alpha value is -1.99. The summed E-state index contributed by atoms with van der Waals surface area (Å²) in [6, 6.07) is 4.57. The van der Waals surface area contributed by atoms with E-state index in [0.717, 1.165) is 68.7 Å². The lowest BCUT2D eigenvalue weighted by molar-refractivity contribution is -0.150. The van der Waals surface area contributed by atoms with Crippen LogP contribution < -0.4 is 5.32 Å². The van der Waals surface area contributed by atoms with Crippen LogP contribution in [0.1, 0.15) is 25.1 Å². The van der Waals surface area contributed by atoms with Crippen molar-refractivity contribution in [2.24, 2.45) is 5.41 Å². The van der Waals surface area contributed by atoms with Gasteiger partial charge in [0.1, 0.15) is 17.7 Å². The maximum absolute atomic E-state index is 13.3. The number of ether oxygens (including phenoxy) is 1. The number of hydrogen-bond donors (Lipinski definition) is 2. The van der Waals surface area contributed by atoms with E-state index in [1.807, 2.05) is 7.05 Å². The molecule has 0 saturated carbocycles. The normalized spacial score (nSPS) is 22.4. The van der Waals surface area contributed by atoms with Crippen LogP contribution in [0.25, 0.3) is 11.0 Å². The molecule has 0 bridgehead atoms. The van der Waals surface area contributed by atoms with Gasteiger partial charge in [0.2, 0.25) is 0 Å². The van der Waals surface area contributed by atoms with Gasteiger partial charge in [0.15, 0.2) is 0 Å². The van der Waals surface area contributed by atoms with E-state index in [2.05, 4.69) is 20.2 Å². The van der Waals surface area contributed by atoms with Crippen LogP contribution in [0.5, 0.6) is 0 Å². The van der Waals surface area contributed by atoms with Gasteiger partial charge in [0.05, 0.1) is 16.4 Å². The molecular weight excluding hydrogens is 335 g/mol. The molecule has 0 radical (unpaired) electrons. The Bertz CT molecular complexity index is 800. The van der Waals surface area contributed by atoms with Gasteiger partial charge in [-0.1, -0.05) is 0 Å². The van der Waals surface area contributed by atoms with Crippen LogP contribution in [0.3, 0.4) is 0 Å². The summed E-state index contributed by atoms with van der Waals surface area (Å²) in [6.07, 6.45) is 3.28. The predicted molar refractivity (Wildman–Crippen MR) is 96.3 cm³/mol. The van der Waals surface area contributed by atoms with Crippen molar-refractivity contribution in [2.75, 3.05) is 33.2 Å². The SMILES string of the molecule is CN(CCc1nc2ccc(F)cc2[nH]1)CC1CC2(CCNCC2)C(=O)O1. The molecule has 1 unspecified atom stereocenters. The zero-order chi connectivity index (χ0) is 18.1. The highest BCUT2D eigenvalue weighted by Crippen LogP contribution is 2.41. The molecule has 2 N–H and O–H groups in total. The number of rotatable bonds is 5. The molecule has 2 fully saturated rings. The molecule has 2 aromatic rings. The number of carbonyl (C=O) groups excluding carboxylic acids is 1. The number of piperidine rings is 1. The van der Waals surface area contributed by atoms with Gasteiger partial charge >= 0.3 is 5.97 Å². The van der Waals surface area contributed by atoms with Crippen LogP contribution in [0.2, 0.25) is 0 Å². The average molecular weight is 360 g/mol. The van der Waals surface area contributed by atoms with Gasteiger partial charge in [-0.2, -0.15) is 0 Å². The highest BCUT2D eigenvalue weighted by atomic mass is 19.1. The van der Waals surface area contributed by atoms with Crippen molar-refractivity contribution in [3.05, 3.63) is 29.8 Å². The van der Waals surface area contributed by atoms with Crippen molar-refractivity contribution in [2.45, 2.75) is 31.8 Å². The van der Waals surface area contributed by atoms with E-state index in [1.54, 1.807) is 6.07 Å². The number of hydrogen-bond acceptors (Lipinski definition) is 5. The van der Waals surface area contributed by atoms with E-state index in [0.29, 0.717) is 0 Å². The van der Waals surface area contributed by atoms with Crippen molar-refractivity contribution >= 4 is 17.0 Å². The number of aromatic amines is 1. The van der Waals surface area contributed by atoms with Crippen LogP contribution in [-0.4, -0.2) is 60.2 Å². The van der Waals surface area contributed by atoms with Gasteiger partial charge in [-0.25, -0.2) is 9.37 Å². The fourth-order valence-corrected chi connectivity index (χ4v) is 4.14. The van der Waals surface area contributed by atoms with Gasteiger partial charge in [-0.05, 0) is 51.2 Å². The number of cyclic esters (lactones) is 1. The van der Waals surface area contributed by atoms with Crippen LogP contribution in [-0.2, 0) is 16.0 Å². The topological polar surface area (TPSA) is 70.2 Å². The zero-order valence-electron chi connectivity index (χ0n) is 15.1. The molecular formula is C19H25FN4O2. The third kappa shape index (κ3) is 3.46. The number of likely N-dealkylation sites (N-methyl/N-ethyl adjacent to an activating group) is 1. The molecule has 26 heavy (non-hydrogen) atoms. The molecule has 2 aliphatic rings. The van der Waals surface area contributed by atoms with Crippen molar-refractivity contribution in [3.8, 4) is 0 Å². The first-order valence-electron chi connectivity index (χ1n) is 9.29. The first-order valence-corrected chi connectivity index (χ1v) is 9.29. The summed E-state index contributed by atoms with van der Waals surface area (Å²) in [6.45, 7) is 3.31. The Labute approximate surface area is 152 Å². The number of esters is 1. The number of nitrogens with zero attached hydrogens (tertiary/aromatic N) is 2. The summed E-state index contributed by atoms with van der Waals surface area (Å²) in [5, 5.41) is 3.31. The van der Waals surface area contributed by atoms with Gasteiger partial charge in [-0.3, -0.25) is 4.79 Å². The molecule has 140 valence electrons. The molecule has 1 aromatic carbocycles. The lowest BCUT2D eigenvalue weighted by atomic mass is 9.76. The molecule has 7 heteroatoms. The zero-order valence-corrected chi connectivity index (χ0v) is 15.1. The minimum absolute atomic E-state index is 0.0169. The third-order valence-electron chi connectivity index (χ3n) is 5.62. The van der Waals surface area contributed by atoms with E-state index in [1.165, 1.54) is 12.1 Å². The fraction of sp³-hybridized carbons (Fsp3) is 0.579. The van der Waals surface area contributed by atoms with Crippen LogP contribution >= 0.6 is 0 Å². The second-order valence-corrected chi connectivity index (χ2v) is 7.62. The Morgan fingerprint density at radius 1 is 1.38 bits per heavy atom. The Kier molecular flexibility index (Phi) is 4.67. The van der Waals surface area contributed by atoms with E-state index in [-0.39, 0.29) is 23.3 Å². The summed E-state index contributed by atoms with van der Waals surface area (Å²) in [5.41, 5.74) is 1.24. The van der Waals surface area contributed by atoms with Crippen molar-refractivity contribution in [1.82, 2.24) is 20.2 Å². The predicted octanol–water partition coefficient (Wildman–Crippen LogP) is 1.86. The molecule has 2 aliphatic heterocycles. The van der Waals surface area contributed by atoms with Crippen LogP contribution in [0.15, 0.2) is 18.2 Å². The number of H-pyrrole nitrogens is 1. The average Bonchev–Trinajstić information content (AvgIpc) is 3.14. The largest absolute Gasteiger partial charge is 0.461 e. The summed E-state index contributed by atoms with van der Waals surface area (Å²) < 4.78 is 18.9. The first kappa shape index (κ1) is 17.4. The molecule has 2 saturated heterocycles. The second-order valence-electron chi connectivity index (χ2n) is 7.62. The summed E-state index contributed by atoms with van der Waals surface area (Å²) >= 11 is 0. The fourth-order valence-electron chi connectivity index (χ4n) is 4.14. The Morgan fingerprint density at radius 2 is 2.19 bits per heavy atom. The molecule has 4 rings (SSSR count). The molecule has 0 amide bonds. The van der Waals surface area contributed by atoms with Crippen LogP contribution in [0.4, 0.5) is 4.39 Å². The number of carbonyl (C=O) groups is 1. The molecule has 6 nitrogen and oxygen atoms in total. The molecule has 1 aromatic heterocycles. The summed E-state index contributed by atoms with van der Waals surface area (Å²) in [4.78, 5) is 22.2. The van der Waals surface area contributed by atoms with E-state index >= 15 is 0 Å². The number of aromatic nitrogens is 2. The quantitative estimate of drug-likeness (QED) is 0.797. The molecule has 1 spiro atoms. The smallest absolute Gasteiger partial charge is 0.312 e. The number of imidazole rings is 1. The lowest BCUT2D eigenvalue weighted by Crippen LogP contribution is -2.39. The maximum atomic E-state index is 13.3. The first-order chi connectivity index (χ1) is 12.5. The third-order valence-corrected chi connectivity index (χ3v) is 5.62. The molecule has 0 aliphatic carbocycles. The van der Waals surface area contributed by atoms with Crippen molar-refractivity contribution in [1.29, 1.82) is 0 Å². The number of benzene rings is 1. The minimum atomic E-state index is -0.264. The number of fused-ring (bicyclic) bond motifs is 1. The van der Waals surface area contributed by atoms with Crippen molar-refractivity contribution in [3.63, 3.8) is 0 Å².